The molecule has 2 aromatic rings. The van der Waals surface area contributed by atoms with E-state index in [0.717, 1.165) is 23.2 Å². The molecule has 3 rings (SSSR count). The van der Waals surface area contributed by atoms with Gasteiger partial charge in [-0.2, -0.15) is 0 Å². The van der Waals surface area contributed by atoms with Gasteiger partial charge in [0, 0.05) is 18.2 Å². The molecular weight excluding hydrogens is 370 g/mol. The van der Waals surface area contributed by atoms with Crippen molar-refractivity contribution in [2.24, 2.45) is 0 Å². The molecule has 0 bridgehead atoms. The van der Waals surface area contributed by atoms with Gasteiger partial charge < -0.3 is 19.1 Å². The van der Waals surface area contributed by atoms with Crippen molar-refractivity contribution in [2.45, 2.75) is 45.3 Å². The van der Waals surface area contributed by atoms with Crippen LogP contribution in [0.2, 0.25) is 0 Å². The Balaban J connectivity index is 1.57. The maximum atomic E-state index is 12.9. The molecule has 1 heterocycles. The Kier molecular flexibility index (Phi) is 6.42. The zero-order chi connectivity index (χ0) is 21.0. The number of benzene rings is 2. The van der Waals surface area contributed by atoms with Crippen molar-refractivity contribution in [2.75, 3.05) is 19.1 Å². The Bertz CT molecular complexity index is 895. The standard InChI is InChI=1S/C23H27NO5/c1-15-13-18-7-5-6-8-19(18)24(15)23(26)16(2)29-22(25)12-10-17-9-11-20(27-3)21(14-17)28-4/h5-9,11,14-16H,10,12-13H2,1-4H3/t15-,16+/m1/s1. The van der Waals surface area contributed by atoms with Crippen LogP contribution in [0.1, 0.15) is 31.4 Å². The zero-order valence-corrected chi connectivity index (χ0v) is 17.3. The maximum absolute atomic E-state index is 12.9. The monoisotopic (exact) mass is 397 g/mol. The molecule has 1 amide bonds. The number of esters is 1. The van der Waals surface area contributed by atoms with Gasteiger partial charge in [0.2, 0.25) is 0 Å². The van der Waals surface area contributed by atoms with E-state index in [1.807, 2.05) is 43.3 Å². The third kappa shape index (κ3) is 4.53. The zero-order valence-electron chi connectivity index (χ0n) is 17.3. The van der Waals surface area contributed by atoms with E-state index in [2.05, 4.69) is 0 Å². The molecule has 154 valence electrons. The lowest BCUT2D eigenvalue weighted by molar-refractivity contribution is -0.154. The summed E-state index contributed by atoms with van der Waals surface area (Å²) in [6, 6.07) is 13.4. The van der Waals surface area contributed by atoms with Gasteiger partial charge in [0.15, 0.2) is 17.6 Å². The molecule has 0 spiro atoms. The van der Waals surface area contributed by atoms with Crippen molar-refractivity contribution in [3.05, 3.63) is 53.6 Å². The van der Waals surface area contributed by atoms with Crippen LogP contribution in [0, 0.1) is 0 Å². The molecule has 0 aromatic heterocycles. The van der Waals surface area contributed by atoms with Crippen LogP contribution < -0.4 is 14.4 Å². The van der Waals surface area contributed by atoms with Crippen LogP contribution in [0.25, 0.3) is 0 Å². The molecule has 0 fully saturated rings. The predicted molar refractivity (Wildman–Crippen MR) is 111 cm³/mol. The summed E-state index contributed by atoms with van der Waals surface area (Å²) < 4.78 is 15.9. The van der Waals surface area contributed by atoms with E-state index in [1.54, 1.807) is 32.1 Å². The topological polar surface area (TPSA) is 65.1 Å². The van der Waals surface area contributed by atoms with Gasteiger partial charge >= 0.3 is 5.97 Å². The fourth-order valence-electron chi connectivity index (χ4n) is 3.69. The molecule has 0 saturated carbocycles. The molecule has 0 aliphatic carbocycles. The fourth-order valence-corrected chi connectivity index (χ4v) is 3.69. The lowest BCUT2D eigenvalue weighted by Gasteiger charge is -2.26. The lowest BCUT2D eigenvalue weighted by Crippen LogP contribution is -2.43. The predicted octanol–water partition coefficient (Wildman–Crippen LogP) is 3.55. The van der Waals surface area contributed by atoms with E-state index in [9.17, 15) is 9.59 Å². The lowest BCUT2D eigenvalue weighted by atomic mass is 10.1. The number of hydrogen-bond acceptors (Lipinski definition) is 5. The van der Waals surface area contributed by atoms with Crippen molar-refractivity contribution in [1.29, 1.82) is 0 Å². The number of ether oxygens (including phenoxy) is 3. The Morgan fingerprint density at radius 3 is 2.55 bits per heavy atom. The van der Waals surface area contributed by atoms with Gasteiger partial charge in [-0.1, -0.05) is 24.3 Å². The Morgan fingerprint density at radius 1 is 1.10 bits per heavy atom. The Hall–Kier alpha value is -3.02. The van der Waals surface area contributed by atoms with Crippen LogP contribution in [0.3, 0.4) is 0 Å². The first kappa shape index (κ1) is 20.7. The SMILES string of the molecule is COc1ccc(CCC(=O)O[C@@H](C)C(=O)N2c3ccccc3C[C@H]2C)cc1OC. The summed E-state index contributed by atoms with van der Waals surface area (Å²) in [4.78, 5) is 26.9. The van der Waals surface area contributed by atoms with E-state index in [-0.39, 0.29) is 18.4 Å². The third-order valence-electron chi connectivity index (χ3n) is 5.17. The quantitative estimate of drug-likeness (QED) is 0.669. The van der Waals surface area contributed by atoms with Gasteiger partial charge in [0.25, 0.3) is 5.91 Å². The maximum Gasteiger partial charge on any atom is 0.306 e. The van der Waals surface area contributed by atoms with Crippen LogP contribution >= 0.6 is 0 Å². The molecule has 1 aliphatic heterocycles. The van der Waals surface area contributed by atoms with Crippen molar-refractivity contribution >= 4 is 17.6 Å². The number of amides is 1. The third-order valence-corrected chi connectivity index (χ3v) is 5.17. The van der Waals surface area contributed by atoms with Crippen molar-refractivity contribution in [3.63, 3.8) is 0 Å². The molecule has 2 atom stereocenters. The summed E-state index contributed by atoms with van der Waals surface area (Å²) in [6.07, 6.45) is 0.644. The number of methoxy groups -OCH3 is 2. The van der Waals surface area contributed by atoms with Crippen LogP contribution in [0.15, 0.2) is 42.5 Å². The minimum Gasteiger partial charge on any atom is -0.493 e. The number of hydrogen-bond donors (Lipinski definition) is 0. The molecular formula is C23H27NO5. The first-order chi connectivity index (χ1) is 13.9. The summed E-state index contributed by atoms with van der Waals surface area (Å²) in [6.45, 7) is 3.63. The molecule has 2 aromatic carbocycles. The Morgan fingerprint density at radius 2 is 1.83 bits per heavy atom. The number of para-hydroxylation sites is 1. The van der Waals surface area contributed by atoms with Gasteiger partial charge in [-0.05, 0) is 56.0 Å². The van der Waals surface area contributed by atoms with E-state index in [0.29, 0.717) is 17.9 Å². The van der Waals surface area contributed by atoms with E-state index in [4.69, 9.17) is 14.2 Å². The number of rotatable bonds is 7. The summed E-state index contributed by atoms with van der Waals surface area (Å²) in [5.41, 5.74) is 2.97. The number of carbonyl (C=O) groups is 2. The van der Waals surface area contributed by atoms with Gasteiger partial charge in [-0.3, -0.25) is 9.59 Å². The van der Waals surface area contributed by atoms with Gasteiger partial charge in [0.05, 0.1) is 14.2 Å². The van der Waals surface area contributed by atoms with Crippen molar-refractivity contribution in [1.82, 2.24) is 0 Å². The van der Waals surface area contributed by atoms with Gasteiger partial charge in [-0.15, -0.1) is 0 Å². The van der Waals surface area contributed by atoms with Crippen molar-refractivity contribution in [3.8, 4) is 11.5 Å². The minimum atomic E-state index is -0.832. The molecule has 0 radical (unpaired) electrons. The van der Waals surface area contributed by atoms with Crippen molar-refractivity contribution < 1.29 is 23.8 Å². The molecule has 1 aliphatic rings. The highest BCUT2D eigenvalue weighted by molar-refractivity contribution is 5.99. The average Bonchev–Trinajstić information content (AvgIpc) is 3.06. The largest absolute Gasteiger partial charge is 0.493 e. The van der Waals surface area contributed by atoms with E-state index in [1.165, 1.54) is 0 Å². The summed E-state index contributed by atoms with van der Waals surface area (Å²) in [5.74, 6) is 0.657. The number of aryl methyl sites for hydroxylation is 1. The highest BCUT2D eigenvalue weighted by atomic mass is 16.5. The van der Waals surface area contributed by atoms with Crippen LogP contribution in [-0.4, -0.2) is 38.2 Å². The highest BCUT2D eigenvalue weighted by Crippen LogP contribution is 2.32. The second-order valence-electron chi connectivity index (χ2n) is 7.21. The van der Waals surface area contributed by atoms with Gasteiger partial charge in [0.1, 0.15) is 0 Å². The summed E-state index contributed by atoms with van der Waals surface area (Å²) >= 11 is 0. The van der Waals surface area contributed by atoms with Crippen LogP contribution in [0.4, 0.5) is 5.69 Å². The molecule has 0 unspecified atom stereocenters. The summed E-state index contributed by atoms with van der Waals surface area (Å²) in [5, 5.41) is 0. The first-order valence-corrected chi connectivity index (χ1v) is 9.76. The molecule has 0 saturated heterocycles. The minimum absolute atomic E-state index is 0.0489. The first-order valence-electron chi connectivity index (χ1n) is 9.76. The Labute approximate surface area is 171 Å². The van der Waals surface area contributed by atoms with E-state index >= 15 is 0 Å². The molecule has 29 heavy (non-hydrogen) atoms. The summed E-state index contributed by atoms with van der Waals surface area (Å²) in [7, 11) is 3.15. The number of nitrogens with zero attached hydrogens (tertiary/aromatic N) is 1. The average molecular weight is 397 g/mol. The second-order valence-corrected chi connectivity index (χ2v) is 7.21. The van der Waals surface area contributed by atoms with Crippen LogP contribution in [0.5, 0.6) is 11.5 Å². The highest BCUT2D eigenvalue weighted by Gasteiger charge is 2.34. The normalized spacial score (nSPS) is 16.1. The van der Waals surface area contributed by atoms with Gasteiger partial charge in [-0.25, -0.2) is 0 Å². The number of carbonyl (C=O) groups excluding carboxylic acids is 2. The van der Waals surface area contributed by atoms with Crippen LogP contribution in [-0.2, 0) is 27.2 Å². The van der Waals surface area contributed by atoms with E-state index < -0.39 is 12.1 Å². The second kappa shape index (κ2) is 8.99. The number of anilines is 1. The molecule has 6 nitrogen and oxygen atoms in total. The fraction of sp³-hybridized carbons (Fsp3) is 0.391. The smallest absolute Gasteiger partial charge is 0.306 e. The number of fused-ring (bicyclic) bond motifs is 1. The molecule has 0 N–H and O–H groups in total. The molecule has 6 heteroatoms.